The molecule has 0 unspecified atom stereocenters. The Balaban J connectivity index is 2.29. The largest absolute Gasteiger partial charge is 0.478 e. The Bertz CT molecular complexity index is 864. The first-order valence-corrected chi connectivity index (χ1v) is 5.91. The fourth-order valence-corrected chi connectivity index (χ4v) is 2.06. The van der Waals surface area contributed by atoms with Crippen molar-refractivity contribution < 1.29 is 9.90 Å². The lowest BCUT2D eigenvalue weighted by Gasteiger charge is -2.02. The molecule has 0 bridgehead atoms. The Kier molecular flexibility index (Phi) is 2.76. The number of H-pyrrole nitrogens is 1. The zero-order chi connectivity index (χ0) is 14.3. The number of carboxylic acids is 1. The summed E-state index contributed by atoms with van der Waals surface area (Å²) >= 11 is 5.99. The van der Waals surface area contributed by atoms with Crippen molar-refractivity contribution in [3.8, 4) is 11.4 Å². The summed E-state index contributed by atoms with van der Waals surface area (Å²) in [5.74, 6) is -0.712. The van der Waals surface area contributed by atoms with Crippen molar-refractivity contribution in [2.24, 2.45) is 0 Å². The van der Waals surface area contributed by atoms with E-state index in [2.05, 4.69) is 15.2 Å². The zero-order valence-electron chi connectivity index (χ0n) is 9.87. The van der Waals surface area contributed by atoms with Crippen LogP contribution < -0.4 is 5.56 Å². The smallest absolute Gasteiger partial charge is 0.337 e. The average molecular weight is 291 g/mol. The zero-order valence-corrected chi connectivity index (χ0v) is 10.6. The second-order valence-corrected chi connectivity index (χ2v) is 4.45. The SMILES string of the molecule is O=C(O)c1cc(Cl)c2nnc(-c3ccc(=O)[nH]c3)n2c1. The number of fused-ring (bicyclic) bond motifs is 1. The molecule has 8 heteroatoms. The van der Waals surface area contributed by atoms with Gasteiger partial charge in [-0.15, -0.1) is 10.2 Å². The van der Waals surface area contributed by atoms with Crippen molar-refractivity contribution in [1.82, 2.24) is 19.6 Å². The Morgan fingerprint density at radius 2 is 2.15 bits per heavy atom. The van der Waals surface area contributed by atoms with E-state index in [9.17, 15) is 9.59 Å². The highest BCUT2D eigenvalue weighted by molar-refractivity contribution is 6.33. The molecule has 3 aromatic rings. The lowest BCUT2D eigenvalue weighted by Crippen LogP contribution is -2.03. The van der Waals surface area contributed by atoms with Gasteiger partial charge < -0.3 is 10.1 Å². The molecule has 0 aliphatic rings. The standard InChI is InChI=1S/C12H7ClN4O3/c13-8-3-7(12(19)20)5-17-10(15-16-11(8)17)6-1-2-9(18)14-4-6/h1-5H,(H,14,18)(H,19,20). The topological polar surface area (TPSA) is 100 Å². The van der Waals surface area contributed by atoms with Crippen LogP contribution in [0.2, 0.25) is 5.02 Å². The van der Waals surface area contributed by atoms with Crippen molar-refractivity contribution >= 4 is 23.2 Å². The van der Waals surface area contributed by atoms with E-state index in [0.717, 1.165) is 0 Å². The minimum Gasteiger partial charge on any atom is -0.478 e. The van der Waals surface area contributed by atoms with E-state index in [1.807, 2.05) is 0 Å². The van der Waals surface area contributed by atoms with Crippen molar-refractivity contribution in [3.05, 3.63) is 51.5 Å². The van der Waals surface area contributed by atoms with Gasteiger partial charge in [0.05, 0.1) is 10.6 Å². The van der Waals surface area contributed by atoms with E-state index in [4.69, 9.17) is 16.7 Å². The Labute approximate surface area is 116 Å². The predicted molar refractivity (Wildman–Crippen MR) is 71.0 cm³/mol. The van der Waals surface area contributed by atoms with Gasteiger partial charge in [0, 0.05) is 24.0 Å². The van der Waals surface area contributed by atoms with Gasteiger partial charge in [-0.3, -0.25) is 9.20 Å². The molecule has 0 amide bonds. The van der Waals surface area contributed by atoms with Gasteiger partial charge >= 0.3 is 5.97 Å². The van der Waals surface area contributed by atoms with Crippen molar-refractivity contribution in [2.45, 2.75) is 0 Å². The molecule has 0 saturated carbocycles. The van der Waals surface area contributed by atoms with Crippen LogP contribution in [0.3, 0.4) is 0 Å². The van der Waals surface area contributed by atoms with E-state index in [0.29, 0.717) is 17.0 Å². The van der Waals surface area contributed by atoms with Gasteiger partial charge in [-0.1, -0.05) is 11.6 Å². The normalized spacial score (nSPS) is 10.8. The number of carboxylic acid groups (broad SMARTS) is 1. The average Bonchev–Trinajstić information content (AvgIpc) is 2.84. The number of halogens is 1. The molecule has 7 nitrogen and oxygen atoms in total. The number of hydrogen-bond donors (Lipinski definition) is 2. The molecule has 20 heavy (non-hydrogen) atoms. The molecule has 2 N–H and O–H groups in total. The van der Waals surface area contributed by atoms with Gasteiger partial charge in [0.1, 0.15) is 0 Å². The number of aromatic nitrogens is 4. The van der Waals surface area contributed by atoms with Crippen LogP contribution in [0.1, 0.15) is 10.4 Å². The van der Waals surface area contributed by atoms with Crippen molar-refractivity contribution in [1.29, 1.82) is 0 Å². The third kappa shape index (κ3) is 1.94. The number of aromatic carboxylic acids is 1. The lowest BCUT2D eigenvalue weighted by molar-refractivity contribution is 0.0696. The third-order valence-electron chi connectivity index (χ3n) is 2.75. The summed E-state index contributed by atoms with van der Waals surface area (Å²) in [7, 11) is 0. The highest BCUT2D eigenvalue weighted by atomic mass is 35.5. The van der Waals surface area contributed by atoms with Gasteiger partial charge in [0.25, 0.3) is 0 Å². The quantitative estimate of drug-likeness (QED) is 0.744. The highest BCUT2D eigenvalue weighted by Crippen LogP contribution is 2.23. The number of carbonyl (C=O) groups is 1. The van der Waals surface area contributed by atoms with E-state index >= 15 is 0 Å². The molecule has 0 atom stereocenters. The summed E-state index contributed by atoms with van der Waals surface area (Å²) in [5.41, 5.74) is 0.716. The molecule has 3 aromatic heterocycles. The fourth-order valence-electron chi connectivity index (χ4n) is 1.82. The van der Waals surface area contributed by atoms with Crippen LogP contribution in [0.15, 0.2) is 35.4 Å². The van der Waals surface area contributed by atoms with E-state index in [-0.39, 0.29) is 16.1 Å². The Morgan fingerprint density at radius 3 is 2.80 bits per heavy atom. The van der Waals surface area contributed by atoms with Crippen molar-refractivity contribution in [2.75, 3.05) is 0 Å². The van der Waals surface area contributed by atoms with Gasteiger partial charge in [-0.25, -0.2) is 4.79 Å². The van der Waals surface area contributed by atoms with Crippen molar-refractivity contribution in [3.63, 3.8) is 0 Å². The second kappa shape index (κ2) is 4.46. The van der Waals surface area contributed by atoms with Crippen LogP contribution in [0.25, 0.3) is 17.0 Å². The summed E-state index contributed by atoms with van der Waals surface area (Å²) in [6.07, 6.45) is 2.85. The van der Waals surface area contributed by atoms with E-state index in [1.54, 1.807) is 6.07 Å². The van der Waals surface area contributed by atoms with Crippen LogP contribution in [0, 0.1) is 0 Å². The molecular weight excluding hydrogens is 284 g/mol. The maximum Gasteiger partial charge on any atom is 0.337 e. The molecule has 0 aromatic carbocycles. The number of hydrogen-bond acceptors (Lipinski definition) is 4. The Morgan fingerprint density at radius 1 is 1.35 bits per heavy atom. The molecule has 100 valence electrons. The number of aromatic amines is 1. The summed E-state index contributed by atoms with van der Waals surface area (Å²) in [6, 6.07) is 4.22. The molecule has 3 heterocycles. The monoisotopic (exact) mass is 290 g/mol. The van der Waals surface area contributed by atoms with Crippen LogP contribution in [0.5, 0.6) is 0 Å². The summed E-state index contributed by atoms with van der Waals surface area (Å²) < 4.78 is 1.47. The number of pyridine rings is 2. The number of nitrogens with one attached hydrogen (secondary N) is 1. The third-order valence-corrected chi connectivity index (χ3v) is 3.03. The molecule has 0 aliphatic carbocycles. The maximum absolute atomic E-state index is 11.1. The summed E-state index contributed by atoms with van der Waals surface area (Å²) in [6.45, 7) is 0. The highest BCUT2D eigenvalue weighted by Gasteiger charge is 2.14. The Hall–Kier alpha value is -2.67. The predicted octanol–water partition coefficient (Wildman–Crippen LogP) is 1.44. The molecule has 0 radical (unpaired) electrons. The molecule has 3 rings (SSSR count). The molecule has 0 aliphatic heterocycles. The fraction of sp³-hybridized carbons (Fsp3) is 0. The van der Waals surface area contributed by atoms with Gasteiger partial charge in [-0.05, 0) is 12.1 Å². The minimum absolute atomic E-state index is 0.0213. The van der Waals surface area contributed by atoms with Crippen LogP contribution >= 0.6 is 11.6 Å². The molecular formula is C12H7ClN4O3. The van der Waals surface area contributed by atoms with Gasteiger partial charge in [-0.2, -0.15) is 0 Å². The summed E-state index contributed by atoms with van der Waals surface area (Å²) in [4.78, 5) is 24.6. The maximum atomic E-state index is 11.1. The first kappa shape index (κ1) is 12.4. The van der Waals surface area contributed by atoms with Crippen LogP contribution in [-0.4, -0.2) is 30.7 Å². The van der Waals surface area contributed by atoms with Gasteiger partial charge in [0.2, 0.25) is 5.56 Å². The second-order valence-electron chi connectivity index (χ2n) is 4.04. The number of rotatable bonds is 2. The molecule has 0 saturated heterocycles. The number of nitrogens with zero attached hydrogens (tertiary/aromatic N) is 3. The van der Waals surface area contributed by atoms with Crippen LogP contribution in [-0.2, 0) is 0 Å². The van der Waals surface area contributed by atoms with E-state index in [1.165, 1.54) is 28.9 Å². The van der Waals surface area contributed by atoms with E-state index < -0.39 is 5.97 Å². The first-order chi connectivity index (χ1) is 9.56. The van der Waals surface area contributed by atoms with Crippen LogP contribution in [0.4, 0.5) is 0 Å². The minimum atomic E-state index is -1.10. The lowest BCUT2D eigenvalue weighted by atomic mass is 10.2. The molecule has 0 spiro atoms. The molecule has 0 fully saturated rings. The summed E-state index contributed by atoms with van der Waals surface area (Å²) in [5, 5.41) is 17.1. The van der Waals surface area contributed by atoms with Gasteiger partial charge in [0.15, 0.2) is 11.5 Å². The first-order valence-electron chi connectivity index (χ1n) is 5.53.